The molecule has 4 rings (SSSR count). The van der Waals surface area contributed by atoms with Gasteiger partial charge in [-0.2, -0.15) is 0 Å². The Labute approximate surface area is 206 Å². The second kappa shape index (κ2) is 10.6. The van der Waals surface area contributed by atoms with E-state index in [1.54, 1.807) is 19.1 Å². The number of ether oxygens (including phenoxy) is 1. The molecular weight excluding hydrogens is 468 g/mol. The zero-order chi connectivity index (χ0) is 24.9. The van der Waals surface area contributed by atoms with Crippen molar-refractivity contribution in [1.29, 1.82) is 0 Å². The molecule has 2 heterocycles. The topological polar surface area (TPSA) is 114 Å². The van der Waals surface area contributed by atoms with Gasteiger partial charge in [-0.25, -0.2) is 9.79 Å². The van der Waals surface area contributed by atoms with E-state index in [1.165, 1.54) is 23.9 Å². The first kappa shape index (κ1) is 24.2. The molecule has 180 valence electrons. The second-order valence-electron chi connectivity index (χ2n) is 7.72. The van der Waals surface area contributed by atoms with Crippen molar-refractivity contribution in [2.75, 3.05) is 13.2 Å². The van der Waals surface area contributed by atoms with Gasteiger partial charge >= 0.3 is 5.97 Å². The first-order valence-corrected chi connectivity index (χ1v) is 12.0. The summed E-state index contributed by atoms with van der Waals surface area (Å²) < 4.78 is 5.44. The van der Waals surface area contributed by atoms with Crippen LogP contribution < -0.4 is 5.32 Å². The average Bonchev–Trinajstić information content (AvgIpc) is 3.26. The van der Waals surface area contributed by atoms with Crippen molar-refractivity contribution in [3.05, 3.63) is 92.5 Å². The number of carbonyl (C=O) groups excluding carboxylic acids is 2. The fourth-order valence-electron chi connectivity index (χ4n) is 4.01. The van der Waals surface area contributed by atoms with Crippen LogP contribution in [0, 0.1) is 10.1 Å². The van der Waals surface area contributed by atoms with Crippen LogP contribution in [0.15, 0.2) is 76.3 Å². The zero-order valence-electron chi connectivity index (χ0n) is 19.3. The van der Waals surface area contributed by atoms with Crippen molar-refractivity contribution in [3.63, 3.8) is 0 Å². The summed E-state index contributed by atoms with van der Waals surface area (Å²) in [5.41, 5.74) is 2.78. The minimum atomic E-state index is -0.687. The molecule has 1 atom stereocenters. The van der Waals surface area contributed by atoms with Gasteiger partial charge in [-0.05, 0) is 37.0 Å². The largest absolute Gasteiger partial charge is 0.463 e. The molecule has 0 fully saturated rings. The van der Waals surface area contributed by atoms with Crippen LogP contribution in [0.4, 0.5) is 5.69 Å². The van der Waals surface area contributed by atoms with Gasteiger partial charge in [0.05, 0.1) is 35.3 Å². The van der Waals surface area contributed by atoms with Crippen LogP contribution in [0.5, 0.6) is 0 Å². The molecule has 0 aliphatic carbocycles. The molecule has 2 aliphatic rings. The Morgan fingerprint density at radius 1 is 1.14 bits per heavy atom. The van der Waals surface area contributed by atoms with Crippen LogP contribution in [0.2, 0.25) is 0 Å². The summed E-state index contributed by atoms with van der Waals surface area (Å²) in [6, 6.07) is 14.7. The number of rotatable bonds is 8. The number of non-ortho nitro benzene ring substituents is 1. The molecule has 9 nitrogen and oxygen atoms in total. The molecule has 0 saturated heterocycles. The zero-order valence-corrected chi connectivity index (χ0v) is 20.1. The van der Waals surface area contributed by atoms with E-state index in [0.717, 1.165) is 5.56 Å². The molecule has 0 saturated carbocycles. The molecule has 2 aromatic rings. The van der Waals surface area contributed by atoms with Crippen LogP contribution in [-0.4, -0.2) is 40.0 Å². The first-order valence-electron chi connectivity index (χ1n) is 11.2. The number of nitro benzene ring substituents is 1. The van der Waals surface area contributed by atoms with Gasteiger partial charge < -0.3 is 15.0 Å². The van der Waals surface area contributed by atoms with Gasteiger partial charge in [-0.3, -0.25) is 14.9 Å². The Kier molecular flexibility index (Phi) is 7.31. The second-order valence-corrected chi connectivity index (χ2v) is 8.56. The molecule has 0 radical (unpaired) electrons. The number of hydrogen-bond donors (Lipinski definition) is 1. The normalized spacial score (nSPS) is 16.9. The number of amidine groups is 1. The molecule has 0 bridgehead atoms. The van der Waals surface area contributed by atoms with Crippen molar-refractivity contribution in [3.8, 4) is 0 Å². The Morgan fingerprint density at radius 2 is 1.86 bits per heavy atom. The lowest BCUT2D eigenvalue weighted by atomic mass is 9.91. The lowest BCUT2D eigenvalue weighted by molar-refractivity contribution is -0.384. The number of carbonyl (C=O) groups is 2. The van der Waals surface area contributed by atoms with Crippen LogP contribution in [0.3, 0.4) is 0 Å². The number of hydrogen-bond acceptors (Lipinski definition) is 8. The van der Waals surface area contributed by atoms with Crippen LogP contribution >= 0.6 is 11.8 Å². The van der Waals surface area contributed by atoms with Crippen LogP contribution in [0.25, 0.3) is 5.70 Å². The molecular formula is C25H24N4O5S. The SMILES string of the molecule is CCNC(=O)CC1=CSC2=NC(c3ccccc3)=C(C(=O)OCC)C(c3ccc([N+](=O)[O-])cc3)N12. The van der Waals surface area contributed by atoms with Gasteiger partial charge in [-0.15, -0.1) is 0 Å². The number of thioether (sulfide) groups is 1. The quantitative estimate of drug-likeness (QED) is 0.330. The number of nitrogens with zero attached hydrogens (tertiary/aromatic N) is 3. The number of nitrogens with one attached hydrogen (secondary N) is 1. The molecule has 0 aromatic heterocycles. The maximum atomic E-state index is 13.4. The van der Waals surface area contributed by atoms with Gasteiger partial charge in [-0.1, -0.05) is 42.1 Å². The number of fused-ring (bicyclic) bond motifs is 1. The highest BCUT2D eigenvalue weighted by molar-refractivity contribution is 8.16. The molecule has 0 spiro atoms. The van der Waals surface area contributed by atoms with Gasteiger partial charge in [0.25, 0.3) is 5.69 Å². The average molecular weight is 493 g/mol. The smallest absolute Gasteiger partial charge is 0.338 e. The molecule has 2 aliphatic heterocycles. The minimum Gasteiger partial charge on any atom is -0.463 e. The lowest BCUT2D eigenvalue weighted by Gasteiger charge is -2.36. The van der Waals surface area contributed by atoms with E-state index >= 15 is 0 Å². The van der Waals surface area contributed by atoms with E-state index in [-0.39, 0.29) is 24.6 Å². The van der Waals surface area contributed by atoms with E-state index in [4.69, 9.17) is 9.73 Å². The predicted molar refractivity (Wildman–Crippen MR) is 134 cm³/mol. The highest BCUT2D eigenvalue weighted by atomic mass is 32.2. The number of benzene rings is 2. The summed E-state index contributed by atoms with van der Waals surface area (Å²) in [7, 11) is 0. The number of esters is 1. The molecule has 1 amide bonds. The third-order valence-corrected chi connectivity index (χ3v) is 6.38. The monoisotopic (exact) mass is 492 g/mol. The fourth-order valence-corrected chi connectivity index (χ4v) is 4.92. The lowest BCUT2D eigenvalue weighted by Crippen LogP contribution is -2.38. The van der Waals surface area contributed by atoms with E-state index in [9.17, 15) is 19.7 Å². The Hall–Kier alpha value is -3.92. The molecule has 2 aromatic carbocycles. The van der Waals surface area contributed by atoms with Gasteiger partial charge in [0.15, 0.2) is 5.17 Å². The van der Waals surface area contributed by atoms with Crippen molar-refractivity contribution < 1.29 is 19.2 Å². The maximum absolute atomic E-state index is 13.4. The minimum absolute atomic E-state index is 0.0581. The number of aliphatic imine (C=N–C) groups is 1. The van der Waals surface area contributed by atoms with Crippen molar-refractivity contribution in [2.24, 2.45) is 4.99 Å². The van der Waals surface area contributed by atoms with Crippen molar-refractivity contribution in [2.45, 2.75) is 26.3 Å². The fraction of sp³-hybridized carbons (Fsp3) is 0.240. The summed E-state index contributed by atoms with van der Waals surface area (Å²) in [5, 5.41) is 16.5. The Morgan fingerprint density at radius 3 is 2.49 bits per heavy atom. The Bertz CT molecular complexity index is 1240. The van der Waals surface area contributed by atoms with Gasteiger partial charge in [0, 0.05) is 29.9 Å². The summed E-state index contributed by atoms with van der Waals surface area (Å²) in [6.07, 6.45) is 0.0973. The van der Waals surface area contributed by atoms with E-state index in [2.05, 4.69) is 5.32 Å². The highest BCUT2D eigenvalue weighted by Crippen LogP contribution is 2.47. The first-order chi connectivity index (χ1) is 16.9. The Balaban J connectivity index is 1.89. The van der Waals surface area contributed by atoms with E-state index < -0.39 is 16.9 Å². The van der Waals surface area contributed by atoms with E-state index in [1.807, 2.05) is 47.6 Å². The summed E-state index contributed by atoms with van der Waals surface area (Å²) in [5.74, 6) is -0.690. The van der Waals surface area contributed by atoms with Crippen LogP contribution in [-0.2, 0) is 14.3 Å². The van der Waals surface area contributed by atoms with Crippen LogP contribution in [0.1, 0.15) is 37.4 Å². The van der Waals surface area contributed by atoms with Gasteiger partial charge in [0.1, 0.15) is 0 Å². The molecule has 10 heteroatoms. The maximum Gasteiger partial charge on any atom is 0.338 e. The third-order valence-electron chi connectivity index (χ3n) is 5.49. The van der Waals surface area contributed by atoms with Gasteiger partial charge in [0.2, 0.25) is 5.91 Å². The molecule has 35 heavy (non-hydrogen) atoms. The summed E-state index contributed by atoms with van der Waals surface area (Å²) >= 11 is 1.37. The van der Waals surface area contributed by atoms with E-state index in [0.29, 0.717) is 34.2 Å². The highest BCUT2D eigenvalue weighted by Gasteiger charge is 2.42. The standard InChI is InChI=1S/C25H24N4O5S/c1-3-26-20(30)14-19-15-35-25-27-22(16-8-6-5-7-9-16)21(24(31)34-4-2)23(28(19)25)17-10-12-18(13-11-17)29(32)33/h5-13,15,23H,3-4,14H2,1-2H3,(H,26,30). The molecule has 1 N–H and O–H groups in total. The number of amides is 1. The summed E-state index contributed by atoms with van der Waals surface area (Å²) in [6.45, 7) is 4.24. The van der Waals surface area contributed by atoms with Crippen molar-refractivity contribution in [1.82, 2.24) is 10.2 Å². The van der Waals surface area contributed by atoms with Crippen molar-refractivity contribution >= 4 is 40.2 Å². The predicted octanol–water partition coefficient (Wildman–Crippen LogP) is 4.40. The number of nitro groups is 1. The summed E-state index contributed by atoms with van der Waals surface area (Å²) in [4.78, 5) is 43.2. The molecule has 1 unspecified atom stereocenters. The third kappa shape index (κ3) is 4.97.